The summed E-state index contributed by atoms with van der Waals surface area (Å²) in [4.78, 5) is 26.9. The average Bonchev–Trinajstić information content (AvgIpc) is 3.31. The Hall–Kier alpha value is -3.09. The molecule has 1 aliphatic rings. The maximum absolute atomic E-state index is 13.1. The fourth-order valence-electron chi connectivity index (χ4n) is 2.76. The van der Waals surface area contributed by atoms with E-state index in [-0.39, 0.29) is 34.8 Å². The number of carbonyl (C=O) groups excluding carboxylic acids is 2. The second-order valence-corrected chi connectivity index (χ2v) is 7.06. The molecule has 2 amide bonds. The lowest BCUT2D eigenvalue weighted by Crippen LogP contribution is -2.43. The van der Waals surface area contributed by atoms with E-state index in [2.05, 4.69) is 15.4 Å². The molecule has 2 aromatic rings. The third-order valence-electron chi connectivity index (χ3n) is 4.54. The van der Waals surface area contributed by atoms with Crippen LogP contribution >= 0.6 is 11.6 Å². The number of hydrogen-bond donors (Lipinski definition) is 2. The lowest BCUT2D eigenvalue weighted by molar-refractivity contribution is 0.0383. The molecule has 1 heterocycles. The fraction of sp³-hybridized carbons (Fsp3) is 0.412. The maximum Gasteiger partial charge on any atom is 0.407 e. The van der Waals surface area contributed by atoms with Crippen LogP contribution in [-0.4, -0.2) is 45.5 Å². The second-order valence-electron chi connectivity index (χ2n) is 6.65. The van der Waals surface area contributed by atoms with E-state index in [0.29, 0.717) is 4.68 Å². The Morgan fingerprint density at radius 2 is 2.00 bits per heavy atom. The number of nitrogens with zero attached hydrogens (tertiary/aromatic N) is 3. The molecule has 168 valence electrons. The van der Waals surface area contributed by atoms with Gasteiger partial charge in [-0.1, -0.05) is 17.7 Å². The normalized spacial score (nSPS) is 15.6. The van der Waals surface area contributed by atoms with Crippen LogP contribution in [0.4, 0.5) is 27.2 Å². The number of carbonyl (C=O) groups is 2. The second kappa shape index (κ2) is 8.96. The molecule has 0 unspecified atom stereocenters. The molecular weight excluding hydrogens is 450 g/mol. The molecule has 3 N–H and O–H groups in total. The average molecular weight is 466 g/mol. The van der Waals surface area contributed by atoms with Crippen molar-refractivity contribution in [1.29, 1.82) is 0 Å². The molecule has 0 radical (unpaired) electrons. The number of hydrogen-bond acceptors (Lipinski definition) is 6. The van der Waals surface area contributed by atoms with E-state index < -0.39 is 43.4 Å². The Labute approximate surface area is 177 Å². The third-order valence-corrected chi connectivity index (χ3v) is 4.87. The number of nitrogens with one attached hydrogen (secondary N) is 1. The summed E-state index contributed by atoms with van der Waals surface area (Å²) >= 11 is 6.09. The van der Waals surface area contributed by atoms with Crippen molar-refractivity contribution in [3.8, 4) is 11.4 Å². The van der Waals surface area contributed by atoms with Gasteiger partial charge < -0.3 is 20.5 Å². The summed E-state index contributed by atoms with van der Waals surface area (Å²) in [7, 11) is 0. The van der Waals surface area contributed by atoms with Crippen molar-refractivity contribution in [2.75, 3.05) is 6.61 Å². The first-order valence-corrected chi connectivity index (χ1v) is 9.17. The zero-order valence-corrected chi connectivity index (χ0v) is 16.4. The van der Waals surface area contributed by atoms with Gasteiger partial charge in [-0.25, -0.2) is 23.4 Å². The van der Waals surface area contributed by atoms with Crippen LogP contribution in [0.5, 0.6) is 0 Å². The van der Waals surface area contributed by atoms with E-state index in [9.17, 15) is 27.2 Å². The van der Waals surface area contributed by atoms with Gasteiger partial charge in [0.2, 0.25) is 0 Å². The lowest BCUT2D eigenvalue weighted by Gasteiger charge is -2.20. The minimum Gasteiger partial charge on any atom is -0.445 e. The van der Waals surface area contributed by atoms with Crippen LogP contribution in [0, 0.1) is 0 Å². The monoisotopic (exact) mass is 465 g/mol. The zero-order chi connectivity index (χ0) is 22.8. The van der Waals surface area contributed by atoms with Gasteiger partial charge in [0, 0.05) is 5.56 Å². The van der Waals surface area contributed by atoms with Crippen LogP contribution in [0.2, 0.25) is 5.02 Å². The lowest BCUT2D eigenvalue weighted by atomic mass is 10.1. The van der Waals surface area contributed by atoms with Crippen LogP contribution < -0.4 is 11.1 Å². The molecule has 14 heteroatoms. The quantitative estimate of drug-likeness (QED) is 0.574. The Kier molecular flexibility index (Phi) is 6.53. The third kappa shape index (κ3) is 5.16. The van der Waals surface area contributed by atoms with Gasteiger partial charge in [-0.15, -0.1) is 0 Å². The standard InChI is InChI=1S/C17H16ClF4N5O4/c18-10-2-1-8(5-9(10)12-24-7-25-27(12)14(21)22)11(31-15(23)28)6-30-16(29)26-17(3-4-17)13(19)20/h1-2,5,7,11,13-14H,3-4,6H2,(H2,23,28)(H,26,29)/t11-/m1/s1. The summed E-state index contributed by atoms with van der Waals surface area (Å²) in [5.41, 5.74) is 3.63. The van der Waals surface area contributed by atoms with Gasteiger partial charge in [0.1, 0.15) is 18.5 Å². The van der Waals surface area contributed by atoms with Crippen molar-refractivity contribution in [3.05, 3.63) is 35.1 Å². The molecule has 1 aromatic heterocycles. The van der Waals surface area contributed by atoms with Gasteiger partial charge in [-0.3, -0.25) is 0 Å². The first-order valence-electron chi connectivity index (χ1n) is 8.79. The number of amides is 2. The van der Waals surface area contributed by atoms with Crippen LogP contribution in [-0.2, 0) is 9.47 Å². The summed E-state index contributed by atoms with van der Waals surface area (Å²) in [6.45, 7) is -3.58. The Morgan fingerprint density at radius 1 is 1.29 bits per heavy atom. The highest BCUT2D eigenvalue weighted by atomic mass is 35.5. The van der Waals surface area contributed by atoms with E-state index in [0.717, 1.165) is 6.33 Å². The number of rotatable bonds is 8. The number of ether oxygens (including phenoxy) is 2. The number of aromatic nitrogens is 3. The molecule has 9 nitrogen and oxygen atoms in total. The Balaban J connectivity index is 1.80. The van der Waals surface area contributed by atoms with E-state index in [4.69, 9.17) is 26.8 Å². The smallest absolute Gasteiger partial charge is 0.407 e. The number of primary amides is 1. The Bertz CT molecular complexity index is 970. The summed E-state index contributed by atoms with van der Waals surface area (Å²) < 4.78 is 62.3. The van der Waals surface area contributed by atoms with Crippen molar-refractivity contribution < 1.29 is 36.6 Å². The molecule has 1 atom stereocenters. The molecule has 0 bridgehead atoms. The van der Waals surface area contributed by atoms with Crippen molar-refractivity contribution in [3.63, 3.8) is 0 Å². The van der Waals surface area contributed by atoms with Gasteiger partial charge in [-0.05, 0) is 30.5 Å². The van der Waals surface area contributed by atoms with Crippen molar-refractivity contribution in [2.24, 2.45) is 5.73 Å². The number of benzene rings is 1. The van der Waals surface area contributed by atoms with Crippen LogP contribution in [0.25, 0.3) is 11.4 Å². The van der Waals surface area contributed by atoms with Gasteiger partial charge >= 0.3 is 18.7 Å². The summed E-state index contributed by atoms with van der Waals surface area (Å²) in [5.74, 6) is -0.258. The van der Waals surface area contributed by atoms with Gasteiger partial charge in [-0.2, -0.15) is 18.6 Å². The SMILES string of the molecule is NC(=O)O[C@H](COC(=O)NC1(C(F)F)CC1)c1ccc(Cl)c(-c2ncnn2C(F)F)c1. The summed E-state index contributed by atoms with van der Waals surface area (Å²) in [6, 6.07) is 3.98. The number of alkyl halides is 4. The highest BCUT2D eigenvalue weighted by molar-refractivity contribution is 6.33. The fourth-order valence-corrected chi connectivity index (χ4v) is 2.96. The molecule has 1 fully saturated rings. The highest BCUT2D eigenvalue weighted by Gasteiger charge is 2.52. The van der Waals surface area contributed by atoms with Gasteiger partial charge in [0.25, 0.3) is 6.43 Å². The molecular formula is C17H16ClF4N5O4. The molecule has 0 aliphatic heterocycles. The predicted molar refractivity (Wildman–Crippen MR) is 97.6 cm³/mol. The molecule has 3 rings (SSSR count). The minimum atomic E-state index is -2.99. The number of nitrogens with two attached hydrogens (primary N) is 1. The number of halogens is 5. The molecule has 1 aliphatic carbocycles. The van der Waals surface area contributed by atoms with E-state index in [1.807, 2.05) is 0 Å². The maximum atomic E-state index is 13.1. The van der Waals surface area contributed by atoms with E-state index in [1.54, 1.807) is 0 Å². The summed E-state index contributed by atoms with van der Waals surface area (Å²) in [6.07, 6.45) is -5.27. The van der Waals surface area contributed by atoms with E-state index in [1.165, 1.54) is 18.2 Å². The molecule has 0 saturated heterocycles. The van der Waals surface area contributed by atoms with E-state index >= 15 is 0 Å². The van der Waals surface area contributed by atoms with Crippen LogP contribution in [0.3, 0.4) is 0 Å². The first kappa shape index (κ1) is 22.6. The molecule has 0 spiro atoms. The largest absolute Gasteiger partial charge is 0.445 e. The van der Waals surface area contributed by atoms with Crippen molar-refractivity contribution in [2.45, 2.75) is 37.5 Å². The van der Waals surface area contributed by atoms with Gasteiger partial charge in [0.15, 0.2) is 11.9 Å². The highest BCUT2D eigenvalue weighted by Crippen LogP contribution is 2.41. The Morgan fingerprint density at radius 3 is 2.58 bits per heavy atom. The minimum absolute atomic E-state index is 0.0362. The molecule has 1 aromatic carbocycles. The topological polar surface area (TPSA) is 121 Å². The first-order chi connectivity index (χ1) is 14.6. The van der Waals surface area contributed by atoms with Crippen molar-refractivity contribution in [1.82, 2.24) is 20.1 Å². The van der Waals surface area contributed by atoms with Crippen LogP contribution in [0.15, 0.2) is 24.5 Å². The summed E-state index contributed by atoms with van der Waals surface area (Å²) in [5, 5.41) is 5.55. The van der Waals surface area contributed by atoms with Gasteiger partial charge in [0.05, 0.1) is 5.02 Å². The zero-order valence-electron chi connectivity index (χ0n) is 15.6. The predicted octanol–water partition coefficient (Wildman–Crippen LogP) is 3.65. The number of alkyl carbamates (subject to hydrolysis) is 1. The molecule has 1 saturated carbocycles. The van der Waals surface area contributed by atoms with Crippen LogP contribution in [0.1, 0.15) is 31.1 Å². The van der Waals surface area contributed by atoms with Crippen molar-refractivity contribution >= 4 is 23.8 Å². The molecule has 31 heavy (non-hydrogen) atoms.